The van der Waals surface area contributed by atoms with Crippen LogP contribution in [0.25, 0.3) is 10.4 Å². The van der Waals surface area contributed by atoms with Crippen molar-refractivity contribution in [3.05, 3.63) is 10.4 Å². The third kappa shape index (κ3) is 8.30. The second kappa shape index (κ2) is 12.8. The maximum absolute atomic E-state index is 11.9. The summed E-state index contributed by atoms with van der Waals surface area (Å²) in [6, 6.07) is 0. The van der Waals surface area contributed by atoms with Gasteiger partial charge in [-0.3, -0.25) is 19.2 Å². The second-order valence-corrected chi connectivity index (χ2v) is 6.85. The Bertz CT molecular complexity index is 740. The van der Waals surface area contributed by atoms with Crippen LogP contribution in [0.3, 0.4) is 0 Å². The molecule has 0 radical (unpaired) electrons. The molecule has 0 aromatic carbocycles. The first kappa shape index (κ1) is 27.1. The summed E-state index contributed by atoms with van der Waals surface area (Å²) >= 11 is 0. The minimum atomic E-state index is -1.83. The monoisotopic (exact) mass is 461 g/mol. The van der Waals surface area contributed by atoms with Gasteiger partial charge in [0.05, 0.1) is 6.61 Å². The Labute approximate surface area is 183 Å². The number of aliphatic hydroxyl groups is 1. The second-order valence-electron chi connectivity index (χ2n) is 6.85. The van der Waals surface area contributed by atoms with Crippen LogP contribution in [0.4, 0.5) is 0 Å². The average Bonchev–Trinajstić information content (AvgIpc) is 2.68. The SMILES string of the molecule is CC(=O)OC[C@@]1(CCOCCN=[N+]=[N-])O[C@@H](O)[C@H](OC(C)=O)[C@@H](OC(C)=O)[C@H]1OC(C)=O. The van der Waals surface area contributed by atoms with Crippen molar-refractivity contribution in [3.8, 4) is 0 Å². The van der Waals surface area contributed by atoms with Crippen LogP contribution in [-0.4, -0.2) is 85.6 Å². The van der Waals surface area contributed by atoms with Crippen LogP contribution in [0.2, 0.25) is 0 Å². The lowest BCUT2D eigenvalue weighted by molar-refractivity contribution is -0.334. The van der Waals surface area contributed by atoms with Gasteiger partial charge in [-0.05, 0) is 5.53 Å². The summed E-state index contributed by atoms with van der Waals surface area (Å²) in [6.07, 6.45) is -6.40. The predicted octanol–water partition coefficient (Wildman–Crippen LogP) is 0.149. The lowest BCUT2D eigenvalue weighted by atomic mass is 9.84. The van der Waals surface area contributed by atoms with E-state index >= 15 is 0 Å². The Kier molecular flexibility index (Phi) is 10.9. The van der Waals surface area contributed by atoms with Crippen molar-refractivity contribution in [1.82, 2.24) is 0 Å². The van der Waals surface area contributed by atoms with Gasteiger partial charge in [0.15, 0.2) is 24.6 Å². The molecule has 1 saturated heterocycles. The third-order valence-corrected chi connectivity index (χ3v) is 4.26. The van der Waals surface area contributed by atoms with Crippen molar-refractivity contribution in [2.45, 2.75) is 64.3 Å². The molecule has 180 valence electrons. The molecule has 1 rings (SSSR count). The number of hydrogen-bond acceptors (Lipinski definition) is 12. The molecule has 0 spiro atoms. The van der Waals surface area contributed by atoms with Gasteiger partial charge in [0, 0.05) is 52.2 Å². The first-order chi connectivity index (χ1) is 15.0. The van der Waals surface area contributed by atoms with E-state index in [4.69, 9.17) is 34.0 Å². The smallest absolute Gasteiger partial charge is 0.303 e. The van der Waals surface area contributed by atoms with E-state index in [1.54, 1.807) is 0 Å². The van der Waals surface area contributed by atoms with Crippen molar-refractivity contribution >= 4 is 23.9 Å². The van der Waals surface area contributed by atoms with Crippen molar-refractivity contribution in [1.29, 1.82) is 0 Å². The highest BCUT2D eigenvalue weighted by molar-refractivity contribution is 5.69. The van der Waals surface area contributed by atoms with Crippen LogP contribution in [0.5, 0.6) is 0 Å². The number of carbonyl (C=O) groups excluding carboxylic acids is 4. The maximum atomic E-state index is 11.9. The van der Waals surface area contributed by atoms with Crippen molar-refractivity contribution in [3.63, 3.8) is 0 Å². The normalized spacial score (nSPS) is 26.9. The molecule has 0 bridgehead atoms. The van der Waals surface area contributed by atoms with E-state index < -0.39 is 60.7 Å². The van der Waals surface area contributed by atoms with Crippen LogP contribution >= 0.6 is 0 Å². The molecule has 1 fully saturated rings. The Hall–Kier alpha value is -2.93. The van der Waals surface area contributed by atoms with Crippen molar-refractivity contribution < 1.29 is 52.7 Å². The number of ether oxygens (including phenoxy) is 6. The zero-order valence-electron chi connectivity index (χ0n) is 18.2. The van der Waals surface area contributed by atoms with Gasteiger partial charge in [0.1, 0.15) is 12.2 Å². The first-order valence-corrected chi connectivity index (χ1v) is 9.62. The van der Waals surface area contributed by atoms with Crippen molar-refractivity contribution in [2.24, 2.45) is 5.11 Å². The van der Waals surface area contributed by atoms with E-state index in [0.717, 1.165) is 27.7 Å². The van der Waals surface area contributed by atoms with Crippen LogP contribution in [0, 0.1) is 0 Å². The predicted molar refractivity (Wildman–Crippen MR) is 103 cm³/mol. The molecule has 14 heteroatoms. The molecule has 1 heterocycles. The number of hydrogen-bond donors (Lipinski definition) is 1. The largest absolute Gasteiger partial charge is 0.463 e. The highest BCUT2D eigenvalue weighted by Gasteiger charge is 2.60. The number of rotatable bonds is 11. The number of esters is 4. The van der Waals surface area contributed by atoms with Gasteiger partial charge in [0.2, 0.25) is 0 Å². The quantitative estimate of drug-likeness (QED) is 0.110. The van der Waals surface area contributed by atoms with Crippen LogP contribution in [0.15, 0.2) is 5.11 Å². The fraction of sp³-hybridized carbons (Fsp3) is 0.778. The Morgan fingerprint density at radius 3 is 2.09 bits per heavy atom. The van der Waals surface area contributed by atoms with E-state index in [2.05, 4.69) is 10.0 Å². The molecule has 1 aliphatic heterocycles. The molecule has 0 amide bonds. The summed E-state index contributed by atoms with van der Waals surface area (Å²) < 4.78 is 31.7. The standard InChI is InChI=1S/C18H27N3O11/c1-10(22)28-9-18(5-7-27-8-6-20-21-19)16(31-13(4)25)14(29-11(2)23)15(17(26)32-18)30-12(3)24/h14-17,26H,5-9H2,1-4H3/t14-,15-,16-,17-,18-/m1/s1. The van der Waals surface area contributed by atoms with Gasteiger partial charge >= 0.3 is 23.9 Å². The number of azide groups is 1. The summed E-state index contributed by atoms with van der Waals surface area (Å²) in [4.78, 5) is 49.2. The molecule has 0 saturated carbocycles. The highest BCUT2D eigenvalue weighted by Crippen LogP contribution is 2.37. The van der Waals surface area contributed by atoms with E-state index in [9.17, 15) is 24.3 Å². The molecule has 1 N–H and O–H groups in total. The fourth-order valence-electron chi connectivity index (χ4n) is 3.11. The zero-order valence-corrected chi connectivity index (χ0v) is 18.2. The Morgan fingerprint density at radius 2 is 1.56 bits per heavy atom. The molecule has 14 nitrogen and oxygen atoms in total. The van der Waals surface area contributed by atoms with Crippen LogP contribution < -0.4 is 0 Å². The van der Waals surface area contributed by atoms with Gasteiger partial charge < -0.3 is 33.5 Å². The molecule has 1 aliphatic rings. The minimum Gasteiger partial charge on any atom is -0.463 e. The summed E-state index contributed by atoms with van der Waals surface area (Å²) in [7, 11) is 0. The van der Waals surface area contributed by atoms with Gasteiger partial charge in [-0.15, -0.1) is 0 Å². The van der Waals surface area contributed by atoms with E-state index in [-0.39, 0.29) is 26.2 Å². The number of carbonyl (C=O) groups is 4. The van der Waals surface area contributed by atoms with E-state index in [1.807, 2.05) is 0 Å². The van der Waals surface area contributed by atoms with Crippen LogP contribution in [-0.2, 0) is 47.6 Å². The summed E-state index contributed by atoms with van der Waals surface area (Å²) in [5.74, 6) is -3.12. The first-order valence-electron chi connectivity index (χ1n) is 9.62. The Morgan fingerprint density at radius 1 is 0.969 bits per heavy atom. The van der Waals surface area contributed by atoms with Crippen LogP contribution in [0.1, 0.15) is 34.1 Å². The molecule has 0 aromatic heterocycles. The number of nitrogens with zero attached hydrogens (tertiary/aromatic N) is 3. The van der Waals surface area contributed by atoms with E-state index in [1.165, 1.54) is 0 Å². The van der Waals surface area contributed by atoms with Crippen molar-refractivity contribution in [2.75, 3.05) is 26.4 Å². The highest BCUT2D eigenvalue weighted by atomic mass is 16.7. The van der Waals surface area contributed by atoms with Gasteiger partial charge in [-0.25, -0.2) is 0 Å². The maximum Gasteiger partial charge on any atom is 0.303 e. The molecule has 32 heavy (non-hydrogen) atoms. The minimum absolute atomic E-state index is 0.0505. The summed E-state index contributed by atoms with van der Waals surface area (Å²) in [5.41, 5.74) is 6.58. The molecule has 0 aliphatic carbocycles. The number of aliphatic hydroxyl groups excluding tert-OH is 1. The van der Waals surface area contributed by atoms with Gasteiger partial charge in [-0.2, -0.15) is 0 Å². The summed E-state index contributed by atoms with van der Waals surface area (Å²) in [5, 5.41) is 13.9. The van der Waals surface area contributed by atoms with Gasteiger partial charge in [-0.1, -0.05) is 5.11 Å². The topological polar surface area (TPSA) is 193 Å². The molecular formula is C18H27N3O11. The van der Waals surface area contributed by atoms with Gasteiger partial charge in [0.25, 0.3) is 0 Å². The zero-order chi connectivity index (χ0) is 24.3. The molecular weight excluding hydrogens is 434 g/mol. The van der Waals surface area contributed by atoms with E-state index in [0.29, 0.717) is 0 Å². The lowest BCUT2D eigenvalue weighted by Crippen LogP contribution is -2.69. The molecule has 0 unspecified atom stereocenters. The third-order valence-electron chi connectivity index (χ3n) is 4.26. The average molecular weight is 461 g/mol. The molecule has 0 aromatic rings. The fourth-order valence-corrected chi connectivity index (χ4v) is 3.11. The summed E-state index contributed by atoms with van der Waals surface area (Å²) in [6.45, 7) is 3.88. The molecule has 5 atom stereocenters. The lowest BCUT2D eigenvalue weighted by Gasteiger charge is -2.49. The Balaban J connectivity index is 3.33.